The predicted molar refractivity (Wildman–Crippen MR) is 94.8 cm³/mol. The van der Waals surface area contributed by atoms with Gasteiger partial charge in [0.2, 0.25) is 0 Å². The zero-order chi connectivity index (χ0) is 16.9. The van der Waals surface area contributed by atoms with Crippen LogP contribution in [0, 0.1) is 18.8 Å². The minimum Gasteiger partial charge on any atom is -0.334 e. The van der Waals surface area contributed by atoms with Crippen molar-refractivity contribution in [2.24, 2.45) is 11.8 Å². The minimum absolute atomic E-state index is 0.0728. The summed E-state index contributed by atoms with van der Waals surface area (Å²) in [6, 6.07) is 0.0728. The van der Waals surface area contributed by atoms with Gasteiger partial charge < -0.3 is 15.5 Å². The van der Waals surface area contributed by atoms with E-state index in [0.29, 0.717) is 6.54 Å². The number of hydrogen-bond acceptors (Lipinski definition) is 3. The molecule has 0 saturated carbocycles. The lowest BCUT2D eigenvalue weighted by Gasteiger charge is -2.21. The van der Waals surface area contributed by atoms with Gasteiger partial charge in [-0.25, -0.2) is 4.79 Å². The SMILES string of the molecule is CCCCn1cc(CNC(=O)N2CC[C@@H]3CNC[C@@H]3CC2)c(C)n1. The van der Waals surface area contributed by atoms with Gasteiger partial charge >= 0.3 is 6.03 Å². The number of carbonyl (C=O) groups excluding carboxylic acids is 1. The molecule has 0 aromatic carbocycles. The topological polar surface area (TPSA) is 62.2 Å². The molecule has 24 heavy (non-hydrogen) atoms. The molecule has 2 aliphatic heterocycles. The summed E-state index contributed by atoms with van der Waals surface area (Å²) in [6.07, 6.45) is 6.62. The van der Waals surface area contributed by atoms with E-state index in [1.807, 2.05) is 16.5 Å². The molecule has 134 valence electrons. The average Bonchev–Trinajstić information content (AvgIpc) is 3.11. The summed E-state index contributed by atoms with van der Waals surface area (Å²) in [6.45, 7) is 9.72. The molecule has 0 aliphatic carbocycles. The number of aromatic nitrogens is 2. The van der Waals surface area contributed by atoms with E-state index in [2.05, 4.69) is 28.9 Å². The Labute approximate surface area is 145 Å². The van der Waals surface area contributed by atoms with Gasteiger partial charge in [0.05, 0.1) is 5.69 Å². The van der Waals surface area contributed by atoms with Crippen LogP contribution in [0.2, 0.25) is 0 Å². The summed E-state index contributed by atoms with van der Waals surface area (Å²) < 4.78 is 2.00. The van der Waals surface area contributed by atoms with E-state index in [1.54, 1.807) is 0 Å². The normalized spacial score (nSPS) is 23.8. The minimum atomic E-state index is 0.0728. The van der Waals surface area contributed by atoms with E-state index in [-0.39, 0.29) is 6.03 Å². The Bertz CT molecular complexity index is 542. The second-order valence-electron chi connectivity index (χ2n) is 7.26. The molecule has 3 heterocycles. The summed E-state index contributed by atoms with van der Waals surface area (Å²) in [5.41, 5.74) is 2.14. The molecule has 6 nitrogen and oxygen atoms in total. The zero-order valence-electron chi connectivity index (χ0n) is 15.1. The quantitative estimate of drug-likeness (QED) is 0.868. The lowest BCUT2D eigenvalue weighted by atomic mass is 9.92. The second kappa shape index (κ2) is 8.01. The Balaban J connectivity index is 1.49. The van der Waals surface area contributed by atoms with Crippen molar-refractivity contribution >= 4 is 6.03 Å². The van der Waals surface area contributed by atoms with Gasteiger partial charge in [-0.05, 0) is 51.1 Å². The highest BCUT2D eigenvalue weighted by Gasteiger charge is 2.31. The van der Waals surface area contributed by atoms with Crippen LogP contribution in [-0.4, -0.2) is 46.9 Å². The molecule has 2 atom stereocenters. The summed E-state index contributed by atoms with van der Waals surface area (Å²) >= 11 is 0. The first-order valence-electron chi connectivity index (χ1n) is 9.43. The molecule has 2 aliphatic rings. The number of nitrogens with one attached hydrogen (secondary N) is 2. The Hall–Kier alpha value is -1.56. The molecule has 0 bridgehead atoms. The van der Waals surface area contributed by atoms with E-state index in [4.69, 9.17) is 0 Å². The third-order valence-corrected chi connectivity index (χ3v) is 5.53. The number of amides is 2. The van der Waals surface area contributed by atoms with Crippen LogP contribution in [-0.2, 0) is 13.1 Å². The molecule has 2 saturated heterocycles. The number of carbonyl (C=O) groups is 1. The van der Waals surface area contributed by atoms with Crippen LogP contribution in [0.15, 0.2) is 6.20 Å². The molecule has 0 radical (unpaired) electrons. The second-order valence-corrected chi connectivity index (χ2v) is 7.26. The molecule has 1 aromatic rings. The Morgan fingerprint density at radius 2 is 2.04 bits per heavy atom. The number of likely N-dealkylation sites (tertiary alicyclic amines) is 1. The Morgan fingerprint density at radius 1 is 1.33 bits per heavy atom. The van der Waals surface area contributed by atoms with Crippen molar-refractivity contribution in [2.75, 3.05) is 26.2 Å². The third kappa shape index (κ3) is 4.09. The van der Waals surface area contributed by atoms with Crippen LogP contribution < -0.4 is 10.6 Å². The van der Waals surface area contributed by atoms with Gasteiger partial charge in [-0.1, -0.05) is 13.3 Å². The third-order valence-electron chi connectivity index (χ3n) is 5.53. The molecule has 2 fully saturated rings. The highest BCUT2D eigenvalue weighted by molar-refractivity contribution is 5.74. The summed E-state index contributed by atoms with van der Waals surface area (Å²) in [5, 5.41) is 11.1. The van der Waals surface area contributed by atoms with Gasteiger partial charge in [0.25, 0.3) is 0 Å². The van der Waals surface area contributed by atoms with Crippen molar-refractivity contribution in [3.8, 4) is 0 Å². The maximum atomic E-state index is 12.5. The first-order valence-corrected chi connectivity index (χ1v) is 9.43. The number of aryl methyl sites for hydroxylation is 2. The summed E-state index contributed by atoms with van der Waals surface area (Å²) in [5.74, 6) is 1.50. The lowest BCUT2D eigenvalue weighted by Crippen LogP contribution is -2.40. The summed E-state index contributed by atoms with van der Waals surface area (Å²) in [4.78, 5) is 14.5. The first kappa shape index (κ1) is 17.3. The molecular weight excluding hydrogens is 302 g/mol. The summed E-state index contributed by atoms with van der Waals surface area (Å²) in [7, 11) is 0. The number of rotatable bonds is 5. The Kier molecular flexibility index (Phi) is 5.76. The van der Waals surface area contributed by atoms with Crippen LogP contribution in [0.5, 0.6) is 0 Å². The van der Waals surface area contributed by atoms with Gasteiger partial charge in [-0.2, -0.15) is 5.10 Å². The van der Waals surface area contributed by atoms with Crippen molar-refractivity contribution in [1.29, 1.82) is 0 Å². The lowest BCUT2D eigenvalue weighted by molar-refractivity contribution is 0.198. The first-order chi connectivity index (χ1) is 11.7. The van der Waals surface area contributed by atoms with Crippen molar-refractivity contribution in [1.82, 2.24) is 25.3 Å². The van der Waals surface area contributed by atoms with E-state index >= 15 is 0 Å². The molecule has 0 spiro atoms. The highest BCUT2D eigenvalue weighted by atomic mass is 16.2. The van der Waals surface area contributed by atoms with Gasteiger partial charge in [-0.3, -0.25) is 4.68 Å². The van der Waals surface area contributed by atoms with Crippen LogP contribution in [0.25, 0.3) is 0 Å². The fraction of sp³-hybridized carbons (Fsp3) is 0.778. The molecule has 1 aromatic heterocycles. The fourth-order valence-electron chi connectivity index (χ4n) is 3.87. The standard InChI is InChI=1S/C18H31N5O/c1-3-4-7-23-13-17(14(2)21-23)12-20-18(24)22-8-5-15-10-19-11-16(15)6-9-22/h13,15-16,19H,3-12H2,1-2H3,(H,20,24)/t15-,16+. The van der Waals surface area contributed by atoms with Crippen molar-refractivity contribution < 1.29 is 4.79 Å². The fourth-order valence-corrected chi connectivity index (χ4v) is 3.87. The van der Waals surface area contributed by atoms with E-state index in [0.717, 1.165) is 81.5 Å². The monoisotopic (exact) mass is 333 g/mol. The molecule has 0 unspecified atom stereocenters. The van der Waals surface area contributed by atoms with Crippen LogP contribution in [0.3, 0.4) is 0 Å². The number of hydrogen-bond donors (Lipinski definition) is 2. The largest absolute Gasteiger partial charge is 0.334 e. The molecular formula is C18H31N5O. The van der Waals surface area contributed by atoms with Gasteiger partial charge in [0, 0.05) is 37.9 Å². The number of unbranched alkanes of at least 4 members (excludes halogenated alkanes) is 1. The number of urea groups is 1. The van der Waals surface area contributed by atoms with E-state index in [9.17, 15) is 4.79 Å². The molecule has 6 heteroatoms. The number of nitrogens with zero attached hydrogens (tertiary/aromatic N) is 3. The predicted octanol–water partition coefficient (Wildman–Crippen LogP) is 2.13. The van der Waals surface area contributed by atoms with Gasteiger partial charge in [-0.15, -0.1) is 0 Å². The highest BCUT2D eigenvalue weighted by Crippen LogP contribution is 2.27. The van der Waals surface area contributed by atoms with Crippen LogP contribution >= 0.6 is 0 Å². The molecule has 2 amide bonds. The van der Waals surface area contributed by atoms with E-state index in [1.165, 1.54) is 0 Å². The van der Waals surface area contributed by atoms with Crippen LogP contribution in [0.4, 0.5) is 4.79 Å². The smallest absolute Gasteiger partial charge is 0.317 e. The van der Waals surface area contributed by atoms with Gasteiger partial charge in [0.1, 0.15) is 0 Å². The van der Waals surface area contributed by atoms with Crippen molar-refractivity contribution in [3.63, 3.8) is 0 Å². The van der Waals surface area contributed by atoms with Gasteiger partial charge in [0.15, 0.2) is 0 Å². The average molecular weight is 333 g/mol. The maximum Gasteiger partial charge on any atom is 0.317 e. The van der Waals surface area contributed by atoms with Crippen LogP contribution in [0.1, 0.15) is 43.9 Å². The molecule has 2 N–H and O–H groups in total. The molecule has 3 rings (SSSR count). The number of fused-ring (bicyclic) bond motifs is 1. The van der Waals surface area contributed by atoms with Crippen molar-refractivity contribution in [2.45, 2.75) is 52.6 Å². The Morgan fingerprint density at radius 3 is 2.71 bits per heavy atom. The zero-order valence-corrected chi connectivity index (χ0v) is 15.1. The maximum absolute atomic E-state index is 12.5. The van der Waals surface area contributed by atoms with E-state index < -0.39 is 0 Å². The van der Waals surface area contributed by atoms with Crippen molar-refractivity contribution in [3.05, 3.63) is 17.5 Å².